The smallest absolute Gasteiger partial charge is 0.400 e. The van der Waals surface area contributed by atoms with E-state index >= 15 is 0 Å². The lowest BCUT2D eigenvalue weighted by molar-refractivity contribution is 0.0551. The summed E-state index contributed by atoms with van der Waals surface area (Å²) in [5, 5.41) is -0.206. The molecule has 0 amide bonds. The van der Waals surface area contributed by atoms with E-state index in [0.29, 0.717) is 22.7 Å². The summed E-state index contributed by atoms with van der Waals surface area (Å²) < 4.78 is 54.8. The summed E-state index contributed by atoms with van der Waals surface area (Å²) in [4.78, 5) is 8.08. The molecule has 12 heteroatoms. The summed E-state index contributed by atoms with van der Waals surface area (Å²) in [6.45, 7) is 0.160. The molecule has 3 heterocycles. The molecular formula is C20H18ClF2N5O3S. The quantitative estimate of drug-likeness (QED) is 0.361. The van der Waals surface area contributed by atoms with Crippen molar-refractivity contribution in [2.24, 2.45) is 4.36 Å². The maximum absolute atomic E-state index is 13.1. The van der Waals surface area contributed by atoms with Crippen LogP contribution in [0.2, 0.25) is 0 Å². The number of rotatable bonds is 7. The second-order valence-electron chi connectivity index (χ2n) is 7.07. The van der Waals surface area contributed by atoms with Crippen LogP contribution in [-0.2, 0) is 27.4 Å². The van der Waals surface area contributed by atoms with Crippen molar-refractivity contribution in [3.05, 3.63) is 65.9 Å². The minimum Gasteiger partial charge on any atom is -0.497 e. The average Bonchev–Trinajstić information content (AvgIpc) is 3.39. The monoisotopic (exact) mass is 481 g/mol. The van der Waals surface area contributed by atoms with Crippen LogP contribution < -0.4 is 4.74 Å². The minimum absolute atomic E-state index is 0.0341. The SMILES string of the molecule is COc1ccc(CS(C)(=O)=NCc2cn3ccc(-c4noc(C(F)(F)Cl)n4)cc3n2)cc1. The van der Waals surface area contributed by atoms with Gasteiger partial charge in [0.25, 0.3) is 0 Å². The van der Waals surface area contributed by atoms with E-state index in [1.165, 1.54) is 0 Å². The zero-order valence-electron chi connectivity index (χ0n) is 17.0. The van der Waals surface area contributed by atoms with Crippen LogP contribution >= 0.6 is 11.6 Å². The fourth-order valence-corrected chi connectivity index (χ4v) is 4.37. The van der Waals surface area contributed by atoms with Gasteiger partial charge in [0, 0.05) is 33.9 Å². The highest BCUT2D eigenvalue weighted by molar-refractivity contribution is 7.92. The van der Waals surface area contributed by atoms with Crippen LogP contribution in [-0.4, -0.2) is 37.1 Å². The molecule has 4 rings (SSSR count). The Morgan fingerprint density at radius 2 is 2.00 bits per heavy atom. The highest BCUT2D eigenvalue weighted by atomic mass is 35.5. The molecule has 4 aromatic rings. The van der Waals surface area contributed by atoms with E-state index in [0.717, 1.165) is 11.3 Å². The lowest BCUT2D eigenvalue weighted by Crippen LogP contribution is -2.03. The minimum atomic E-state index is -3.74. The number of alkyl halides is 3. The van der Waals surface area contributed by atoms with Gasteiger partial charge in [0.05, 0.1) is 25.1 Å². The molecule has 0 saturated heterocycles. The lowest BCUT2D eigenvalue weighted by atomic mass is 10.2. The summed E-state index contributed by atoms with van der Waals surface area (Å²) in [5.74, 6) is 0.0187. The van der Waals surface area contributed by atoms with Crippen molar-refractivity contribution in [3.63, 3.8) is 0 Å². The molecule has 32 heavy (non-hydrogen) atoms. The maximum atomic E-state index is 13.1. The van der Waals surface area contributed by atoms with Crippen LogP contribution in [0, 0.1) is 0 Å². The highest BCUT2D eigenvalue weighted by Gasteiger charge is 2.35. The van der Waals surface area contributed by atoms with Gasteiger partial charge in [0.15, 0.2) is 0 Å². The lowest BCUT2D eigenvalue weighted by Gasteiger charge is -2.05. The maximum Gasteiger partial charge on any atom is 0.400 e. The second kappa shape index (κ2) is 8.47. The zero-order chi connectivity index (χ0) is 22.9. The normalized spacial score (nSPS) is 13.8. The fraction of sp³-hybridized carbons (Fsp3) is 0.250. The number of fused-ring (bicyclic) bond motifs is 1. The molecule has 0 saturated carbocycles. The van der Waals surface area contributed by atoms with Crippen molar-refractivity contribution in [3.8, 4) is 17.1 Å². The Balaban J connectivity index is 1.52. The van der Waals surface area contributed by atoms with E-state index in [1.807, 2.05) is 24.3 Å². The van der Waals surface area contributed by atoms with E-state index in [-0.39, 0.29) is 12.4 Å². The Labute approximate surface area is 187 Å². The molecule has 0 fully saturated rings. The van der Waals surface area contributed by atoms with Crippen molar-refractivity contribution in [2.75, 3.05) is 13.4 Å². The topological polar surface area (TPSA) is 94.9 Å². The van der Waals surface area contributed by atoms with Gasteiger partial charge in [-0.2, -0.15) is 13.8 Å². The molecule has 1 atom stereocenters. The first-order valence-corrected chi connectivity index (χ1v) is 11.8. The third-order valence-corrected chi connectivity index (χ3v) is 6.24. The third-order valence-electron chi connectivity index (χ3n) is 4.53. The Hall–Kier alpha value is -3.05. The standard InChI is InChI=1S/C20H18ClF2N5O3S/c1-30-16-5-3-13(4-6-16)12-32(2,29)24-10-15-11-28-8-7-14(9-17(28)25-15)18-26-19(31-27-18)20(21,22)23/h3-9,11H,10,12H2,1-2H3. The van der Waals surface area contributed by atoms with Gasteiger partial charge < -0.3 is 13.7 Å². The molecular weight excluding hydrogens is 464 g/mol. The predicted octanol–water partition coefficient (Wildman–Crippen LogP) is 4.48. The summed E-state index contributed by atoms with van der Waals surface area (Å²) in [6.07, 6.45) is 5.03. The number of pyridine rings is 1. The first kappa shape index (κ1) is 22.2. The molecule has 0 aliphatic rings. The van der Waals surface area contributed by atoms with Crippen LogP contribution in [0.1, 0.15) is 17.1 Å². The van der Waals surface area contributed by atoms with Crippen molar-refractivity contribution >= 4 is 27.0 Å². The molecule has 3 aromatic heterocycles. The molecule has 8 nitrogen and oxygen atoms in total. The van der Waals surface area contributed by atoms with Crippen molar-refractivity contribution < 1.29 is 22.2 Å². The van der Waals surface area contributed by atoms with Crippen LogP contribution in [0.3, 0.4) is 0 Å². The summed E-state index contributed by atoms with van der Waals surface area (Å²) in [5.41, 5.74) is 2.45. The Bertz CT molecular complexity index is 1370. The number of benzene rings is 1. The van der Waals surface area contributed by atoms with Gasteiger partial charge in [0.2, 0.25) is 5.82 Å². The van der Waals surface area contributed by atoms with E-state index in [4.69, 9.17) is 16.3 Å². The first-order valence-electron chi connectivity index (χ1n) is 9.30. The van der Waals surface area contributed by atoms with Gasteiger partial charge in [-0.05, 0) is 41.4 Å². The summed E-state index contributed by atoms with van der Waals surface area (Å²) in [6, 6.07) is 10.6. The third kappa shape index (κ3) is 5.05. The predicted molar refractivity (Wildman–Crippen MR) is 115 cm³/mol. The van der Waals surface area contributed by atoms with Gasteiger partial charge in [-0.3, -0.25) is 0 Å². The number of methoxy groups -OCH3 is 1. The molecule has 1 unspecified atom stereocenters. The molecule has 0 aliphatic heterocycles. The van der Waals surface area contributed by atoms with Crippen LogP contribution in [0.5, 0.6) is 5.75 Å². The number of nitrogens with zero attached hydrogens (tertiary/aromatic N) is 5. The fourth-order valence-electron chi connectivity index (χ4n) is 2.98. The Morgan fingerprint density at radius 3 is 2.66 bits per heavy atom. The number of hydrogen-bond donors (Lipinski definition) is 0. The highest BCUT2D eigenvalue weighted by Crippen LogP contribution is 2.32. The zero-order valence-corrected chi connectivity index (χ0v) is 18.6. The number of imidazole rings is 1. The van der Waals surface area contributed by atoms with E-state index in [2.05, 4.69) is 24.0 Å². The molecule has 0 aliphatic carbocycles. The van der Waals surface area contributed by atoms with Crippen LogP contribution in [0.15, 0.2) is 57.7 Å². The second-order valence-corrected chi connectivity index (χ2v) is 10.0. The van der Waals surface area contributed by atoms with Crippen molar-refractivity contribution in [1.82, 2.24) is 19.5 Å². The molecule has 168 valence electrons. The van der Waals surface area contributed by atoms with E-state index in [1.54, 1.807) is 42.3 Å². The molecule has 1 aromatic carbocycles. The molecule has 0 bridgehead atoms. The number of aromatic nitrogens is 4. The number of ether oxygens (including phenoxy) is 1. The van der Waals surface area contributed by atoms with E-state index in [9.17, 15) is 13.0 Å². The van der Waals surface area contributed by atoms with Crippen LogP contribution in [0.4, 0.5) is 8.78 Å². The Kier molecular flexibility index (Phi) is 5.87. The first-order chi connectivity index (χ1) is 15.1. The van der Waals surface area contributed by atoms with E-state index < -0.39 is 21.0 Å². The van der Waals surface area contributed by atoms with Gasteiger partial charge >= 0.3 is 11.3 Å². The average molecular weight is 482 g/mol. The number of hydrogen-bond acceptors (Lipinski definition) is 7. The van der Waals surface area contributed by atoms with Gasteiger partial charge in [-0.25, -0.2) is 13.6 Å². The molecule has 0 spiro atoms. The van der Waals surface area contributed by atoms with Gasteiger partial charge in [0.1, 0.15) is 11.4 Å². The van der Waals surface area contributed by atoms with Gasteiger partial charge in [-0.1, -0.05) is 17.3 Å². The van der Waals surface area contributed by atoms with Gasteiger partial charge in [-0.15, -0.1) is 0 Å². The summed E-state index contributed by atoms with van der Waals surface area (Å²) in [7, 11) is -0.897. The summed E-state index contributed by atoms with van der Waals surface area (Å²) >= 11 is 4.91. The largest absolute Gasteiger partial charge is 0.497 e. The van der Waals surface area contributed by atoms with Crippen LogP contribution in [0.25, 0.3) is 17.0 Å². The number of halogens is 3. The van der Waals surface area contributed by atoms with Crippen molar-refractivity contribution in [1.29, 1.82) is 0 Å². The van der Waals surface area contributed by atoms with Crippen molar-refractivity contribution in [2.45, 2.75) is 17.7 Å². The molecule has 0 radical (unpaired) electrons. The Morgan fingerprint density at radius 1 is 1.25 bits per heavy atom. The molecule has 0 N–H and O–H groups in total.